The first-order chi connectivity index (χ1) is 30.7. The number of ether oxygens (including phenoxy) is 1. The second kappa shape index (κ2) is 18.1. The van der Waals surface area contributed by atoms with E-state index in [1.165, 1.54) is 25.0 Å². The van der Waals surface area contributed by atoms with Crippen molar-refractivity contribution in [3.05, 3.63) is 53.3 Å². The molecule has 8 rings (SSSR count). The predicted octanol–water partition coefficient (Wildman–Crippen LogP) is 13.3. The van der Waals surface area contributed by atoms with Crippen LogP contribution in [-0.4, -0.2) is 81.2 Å². The van der Waals surface area contributed by atoms with Gasteiger partial charge < -0.3 is 19.4 Å². The highest BCUT2D eigenvalue weighted by molar-refractivity contribution is 6.90. The van der Waals surface area contributed by atoms with Gasteiger partial charge in [-0.1, -0.05) is 95.1 Å². The summed E-state index contributed by atoms with van der Waals surface area (Å²) in [6, 6.07) is 9.36. The molecule has 1 saturated carbocycles. The van der Waals surface area contributed by atoms with Gasteiger partial charge in [-0.3, -0.25) is 4.90 Å². The number of likely N-dealkylation sites (tertiary alicyclic amines) is 1. The van der Waals surface area contributed by atoms with E-state index in [9.17, 15) is 0 Å². The highest BCUT2D eigenvalue weighted by Gasteiger charge is 2.48. The van der Waals surface area contributed by atoms with Gasteiger partial charge in [0.15, 0.2) is 5.82 Å². The minimum Gasteiger partial charge on any atom is -0.543 e. The van der Waals surface area contributed by atoms with Crippen LogP contribution in [0.3, 0.4) is 0 Å². The Balaban J connectivity index is 1.38. The Hall–Kier alpha value is -3.64. The third-order valence-corrected chi connectivity index (χ3v) is 28.5. The molecule has 0 unspecified atom stereocenters. The molecular formula is C53H74F3N5O2Si2. The number of nitrogens with zero attached hydrogens (tertiary/aromatic N) is 4. The number of hydrogen-bond donors (Lipinski definition) is 1. The van der Waals surface area contributed by atoms with Gasteiger partial charge in [-0.2, -0.15) is 9.97 Å². The van der Waals surface area contributed by atoms with Gasteiger partial charge in [-0.25, -0.2) is 13.2 Å². The van der Waals surface area contributed by atoms with Crippen LogP contribution in [0, 0.1) is 28.9 Å². The molecule has 352 valence electrons. The fourth-order valence-electron chi connectivity index (χ4n) is 13.1. The zero-order chi connectivity index (χ0) is 46.9. The second-order valence-electron chi connectivity index (χ2n) is 22.2. The molecule has 4 aliphatic rings. The van der Waals surface area contributed by atoms with Crippen molar-refractivity contribution in [1.29, 1.82) is 0 Å². The number of fused-ring (bicyclic) bond motifs is 4. The molecule has 3 saturated heterocycles. The van der Waals surface area contributed by atoms with Crippen LogP contribution in [0.5, 0.6) is 11.8 Å². The number of benzene rings is 3. The van der Waals surface area contributed by atoms with E-state index in [2.05, 4.69) is 117 Å². The lowest BCUT2D eigenvalue weighted by Crippen LogP contribution is -2.51. The number of hydrogen-bond acceptors (Lipinski definition) is 7. The van der Waals surface area contributed by atoms with E-state index in [0.717, 1.165) is 32.2 Å². The molecule has 1 aliphatic carbocycles. The van der Waals surface area contributed by atoms with Crippen LogP contribution in [-0.2, 0) is 0 Å². The number of rotatable bonds is 14. The van der Waals surface area contributed by atoms with E-state index in [0.29, 0.717) is 70.1 Å². The Bertz CT molecular complexity index is 2440. The Morgan fingerprint density at radius 3 is 2.02 bits per heavy atom. The molecule has 2 bridgehead atoms. The van der Waals surface area contributed by atoms with Crippen LogP contribution >= 0.6 is 0 Å². The van der Waals surface area contributed by atoms with Crippen molar-refractivity contribution in [1.82, 2.24) is 20.2 Å². The summed E-state index contributed by atoms with van der Waals surface area (Å²) in [6.45, 7) is 31.6. The van der Waals surface area contributed by atoms with Crippen molar-refractivity contribution >= 4 is 43.9 Å². The van der Waals surface area contributed by atoms with Crippen LogP contribution in [0.25, 0.3) is 32.8 Å². The molecule has 7 nitrogen and oxygen atoms in total. The van der Waals surface area contributed by atoms with Crippen LogP contribution < -0.4 is 19.4 Å². The lowest BCUT2D eigenvalue weighted by molar-refractivity contribution is 0.0799. The van der Waals surface area contributed by atoms with Crippen LogP contribution in [0.4, 0.5) is 19.0 Å². The standard InChI is InChI=1S/C53H74F3N5O2Si2/c1-31(2)64(32(3)4,33(5)6)24-21-42-45(54)20-15-37-25-41(63-65(34(7)8,35(9)10)36(11)12)26-43(47(37)42)48-46(55)27-44-50(49(48)56)58-52(59-51(44)60-28-38-16-17-39(29-60)57-38)62-30-53(13)22-14-23-61(53)40-18-19-40/h15,20,25-27,31-36,38-40,57H,14,16-19,22-23,28-30H2,1-13H3/t38-,39+,53-/m1/s1. The minimum absolute atomic E-state index is 0.0208. The van der Waals surface area contributed by atoms with Crippen LogP contribution in [0.2, 0.25) is 33.2 Å². The quantitative estimate of drug-likeness (QED) is 0.0998. The molecule has 3 atom stereocenters. The smallest absolute Gasteiger partial charge is 0.319 e. The molecule has 0 spiro atoms. The number of anilines is 1. The predicted molar refractivity (Wildman–Crippen MR) is 267 cm³/mol. The molecule has 12 heteroatoms. The first kappa shape index (κ1) is 47.8. The Labute approximate surface area is 389 Å². The molecule has 4 aromatic rings. The van der Waals surface area contributed by atoms with Gasteiger partial charge in [0.2, 0.25) is 0 Å². The summed E-state index contributed by atoms with van der Waals surface area (Å²) in [4.78, 5) is 14.5. The molecule has 65 heavy (non-hydrogen) atoms. The van der Waals surface area contributed by atoms with Crippen molar-refractivity contribution in [3.8, 4) is 34.4 Å². The van der Waals surface area contributed by atoms with Gasteiger partial charge in [0.25, 0.3) is 8.32 Å². The maximum absolute atomic E-state index is 18.2. The third kappa shape index (κ3) is 8.52. The molecule has 1 aromatic heterocycles. The monoisotopic (exact) mass is 926 g/mol. The number of piperazine rings is 1. The average Bonchev–Trinajstić information content (AvgIpc) is 3.92. The summed E-state index contributed by atoms with van der Waals surface area (Å²) < 4.78 is 66.4. The van der Waals surface area contributed by atoms with Crippen molar-refractivity contribution in [3.63, 3.8) is 0 Å². The molecule has 4 heterocycles. The molecule has 3 aromatic carbocycles. The SMILES string of the molecule is CC(C)[Si](C#Cc1c(F)ccc2cc(O[Si](C(C)C)(C(C)C)C(C)C)cc(-c3c(F)cc4c(N5C[C@H]6CC[C@@H](C5)N6)nc(OC[C@@]5(C)CCCN5C5CC5)nc4c3F)c12)(C(C)C)C(C)C. The Morgan fingerprint density at radius 2 is 1.43 bits per heavy atom. The summed E-state index contributed by atoms with van der Waals surface area (Å²) >= 11 is 0. The van der Waals surface area contributed by atoms with Crippen LogP contribution in [0.15, 0.2) is 30.3 Å². The molecule has 3 aliphatic heterocycles. The van der Waals surface area contributed by atoms with E-state index in [4.69, 9.17) is 19.1 Å². The van der Waals surface area contributed by atoms with Gasteiger partial charge >= 0.3 is 6.01 Å². The van der Waals surface area contributed by atoms with Gasteiger partial charge in [0, 0.05) is 47.6 Å². The molecule has 0 radical (unpaired) electrons. The lowest BCUT2D eigenvalue weighted by Gasteiger charge is -2.42. The highest BCUT2D eigenvalue weighted by Crippen LogP contribution is 2.48. The average molecular weight is 926 g/mol. The number of nitrogens with one attached hydrogen (secondary N) is 1. The van der Waals surface area contributed by atoms with E-state index >= 15 is 13.2 Å². The molecule has 1 N–H and O–H groups in total. The Kier molecular flexibility index (Phi) is 13.3. The summed E-state index contributed by atoms with van der Waals surface area (Å²) in [5.41, 5.74) is 5.18. The summed E-state index contributed by atoms with van der Waals surface area (Å²) in [5, 5.41) is 4.95. The van der Waals surface area contributed by atoms with Crippen molar-refractivity contribution in [2.24, 2.45) is 0 Å². The zero-order valence-corrected chi connectivity index (χ0v) is 43.4. The van der Waals surface area contributed by atoms with Gasteiger partial charge in [-0.15, -0.1) is 5.54 Å². The van der Waals surface area contributed by atoms with Crippen molar-refractivity contribution in [2.45, 2.75) is 185 Å². The maximum Gasteiger partial charge on any atom is 0.319 e. The van der Waals surface area contributed by atoms with E-state index in [-0.39, 0.29) is 62.5 Å². The lowest BCUT2D eigenvalue weighted by atomic mass is 9.92. The summed E-state index contributed by atoms with van der Waals surface area (Å²) in [7, 11) is -4.92. The van der Waals surface area contributed by atoms with E-state index in [1.807, 2.05) is 6.07 Å². The van der Waals surface area contributed by atoms with Crippen molar-refractivity contribution < 1.29 is 22.3 Å². The summed E-state index contributed by atoms with van der Waals surface area (Å²) in [6.07, 6.45) is 6.54. The molecule has 0 amide bonds. The maximum atomic E-state index is 18.2. The largest absolute Gasteiger partial charge is 0.543 e. The molecule has 4 fully saturated rings. The van der Waals surface area contributed by atoms with E-state index in [1.54, 1.807) is 12.1 Å². The third-order valence-electron chi connectivity index (χ3n) is 16.2. The number of halogens is 3. The van der Waals surface area contributed by atoms with Crippen molar-refractivity contribution in [2.75, 3.05) is 31.1 Å². The Morgan fingerprint density at radius 1 is 0.800 bits per heavy atom. The van der Waals surface area contributed by atoms with E-state index < -0.39 is 33.8 Å². The normalized spacial score (nSPS) is 21.9. The van der Waals surface area contributed by atoms with Gasteiger partial charge in [-0.05, 0) is 115 Å². The minimum atomic E-state index is -2.56. The fraction of sp³-hybridized carbons (Fsp3) is 0.623. The topological polar surface area (TPSA) is 62.8 Å². The number of aromatic nitrogens is 2. The zero-order valence-electron chi connectivity index (χ0n) is 41.4. The summed E-state index contributed by atoms with van der Waals surface area (Å²) in [5.74, 6) is 2.24. The first-order valence-electron chi connectivity index (χ1n) is 24.8. The highest BCUT2D eigenvalue weighted by atomic mass is 28.4. The second-order valence-corrected chi connectivity index (χ2v) is 33.1. The first-order valence-corrected chi connectivity index (χ1v) is 29.2. The van der Waals surface area contributed by atoms with Gasteiger partial charge in [0.1, 0.15) is 43.4 Å². The fourth-order valence-corrected chi connectivity index (χ4v) is 23.5. The molecular weight excluding hydrogens is 852 g/mol. The van der Waals surface area contributed by atoms with Crippen LogP contribution in [0.1, 0.15) is 134 Å². The van der Waals surface area contributed by atoms with Gasteiger partial charge in [0.05, 0.1) is 16.7 Å².